The molecule has 0 saturated carbocycles. The molecule has 1 aromatic rings. The molecule has 0 atom stereocenters. The molecule has 2 N–H and O–H groups in total. The first-order chi connectivity index (χ1) is 7.75. The third-order valence-electron chi connectivity index (χ3n) is 1.96. The molecule has 0 aromatic heterocycles. The van der Waals surface area contributed by atoms with Crippen LogP contribution in [0.4, 0.5) is 0 Å². The topological polar surface area (TPSA) is 41.5 Å². The van der Waals surface area contributed by atoms with Gasteiger partial charge >= 0.3 is 0 Å². The van der Waals surface area contributed by atoms with Gasteiger partial charge in [-0.3, -0.25) is 0 Å². The van der Waals surface area contributed by atoms with Gasteiger partial charge < -0.3 is 27.6 Å². The maximum absolute atomic E-state index is 8.54. The van der Waals surface area contributed by atoms with Crippen LogP contribution in [-0.2, 0) is 0 Å². The summed E-state index contributed by atoms with van der Waals surface area (Å²) in [6, 6.07) is 5.31. The monoisotopic (exact) mass is 298 g/mol. The summed E-state index contributed by atoms with van der Waals surface area (Å²) in [6.45, 7) is 2.14. The van der Waals surface area contributed by atoms with E-state index in [4.69, 9.17) is 33.0 Å². The van der Waals surface area contributed by atoms with Gasteiger partial charge in [0.1, 0.15) is 10.8 Å². The molecule has 0 heterocycles. The Labute approximate surface area is 117 Å². The molecule has 0 bridgehead atoms. The zero-order valence-electron chi connectivity index (χ0n) is 9.26. The van der Waals surface area contributed by atoms with Crippen molar-refractivity contribution in [1.29, 1.82) is 0 Å². The Balaban J connectivity index is 0.00000256. The second-order valence-electron chi connectivity index (χ2n) is 3.23. The first-order valence-corrected chi connectivity index (χ1v) is 5.89. The van der Waals surface area contributed by atoms with E-state index in [1.54, 1.807) is 18.2 Å². The van der Waals surface area contributed by atoms with Gasteiger partial charge in [0, 0.05) is 6.54 Å². The van der Waals surface area contributed by atoms with Crippen molar-refractivity contribution in [3.05, 3.63) is 28.2 Å². The van der Waals surface area contributed by atoms with E-state index in [0.717, 1.165) is 13.0 Å². The van der Waals surface area contributed by atoms with E-state index in [1.165, 1.54) is 0 Å². The van der Waals surface area contributed by atoms with Crippen molar-refractivity contribution >= 4 is 23.2 Å². The third kappa shape index (κ3) is 6.34. The van der Waals surface area contributed by atoms with E-state index in [2.05, 4.69) is 5.32 Å². The number of hydrogen-bond donors (Lipinski definition) is 2. The van der Waals surface area contributed by atoms with Crippen molar-refractivity contribution in [2.24, 2.45) is 0 Å². The minimum Gasteiger partial charge on any atom is -1.00 e. The van der Waals surface area contributed by atoms with Crippen molar-refractivity contribution in [2.75, 3.05) is 26.3 Å². The Hall–Kier alpha value is -0.190. The molecule has 98 valence electrons. The standard InChI is InChI=1S/C11H15Cl2NO2.ClH/c12-9-3-1-4-10(11(9)13)16-8-2-5-14-6-7-15;/h1,3-4,14-15H,2,5-8H2;1H/p-1. The first kappa shape index (κ1) is 16.8. The maximum atomic E-state index is 8.54. The average Bonchev–Trinajstić information content (AvgIpc) is 2.29. The Morgan fingerprint density at radius 1 is 1.24 bits per heavy atom. The second-order valence-corrected chi connectivity index (χ2v) is 4.01. The summed E-state index contributed by atoms with van der Waals surface area (Å²) in [4.78, 5) is 0. The number of ether oxygens (including phenoxy) is 1. The normalized spacial score (nSPS) is 9.82. The van der Waals surface area contributed by atoms with Crippen molar-refractivity contribution < 1.29 is 22.3 Å². The van der Waals surface area contributed by atoms with Crippen molar-refractivity contribution in [2.45, 2.75) is 6.42 Å². The molecule has 17 heavy (non-hydrogen) atoms. The van der Waals surface area contributed by atoms with Gasteiger partial charge in [-0.1, -0.05) is 29.3 Å². The SMILES string of the molecule is OCCNCCCOc1cccc(Cl)c1Cl.[Cl-]. The van der Waals surface area contributed by atoms with Gasteiger partial charge in [-0.2, -0.15) is 0 Å². The smallest absolute Gasteiger partial charge is 0.139 e. The zero-order chi connectivity index (χ0) is 11.8. The Morgan fingerprint density at radius 3 is 2.71 bits per heavy atom. The van der Waals surface area contributed by atoms with Gasteiger partial charge in [0.15, 0.2) is 0 Å². The molecule has 0 fully saturated rings. The Morgan fingerprint density at radius 2 is 2.00 bits per heavy atom. The van der Waals surface area contributed by atoms with Crippen molar-refractivity contribution in [3.8, 4) is 5.75 Å². The number of aliphatic hydroxyl groups is 1. The summed E-state index contributed by atoms with van der Waals surface area (Å²) in [5.41, 5.74) is 0. The van der Waals surface area contributed by atoms with Crippen molar-refractivity contribution in [1.82, 2.24) is 5.32 Å². The van der Waals surface area contributed by atoms with E-state index < -0.39 is 0 Å². The summed E-state index contributed by atoms with van der Waals surface area (Å²) in [5.74, 6) is 0.608. The van der Waals surface area contributed by atoms with Crippen LogP contribution in [0, 0.1) is 0 Å². The number of nitrogens with one attached hydrogen (secondary N) is 1. The van der Waals surface area contributed by atoms with Gasteiger partial charge in [-0.25, -0.2) is 0 Å². The molecular weight excluding hydrogens is 284 g/mol. The predicted molar refractivity (Wildman–Crippen MR) is 66.5 cm³/mol. The van der Waals surface area contributed by atoms with Gasteiger partial charge in [0.2, 0.25) is 0 Å². The number of halogens is 3. The highest BCUT2D eigenvalue weighted by Gasteiger charge is 2.04. The number of hydrogen-bond acceptors (Lipinski definition) is 3. The molecular formula is C11H15Cl3NO2-. The lowest BCUT2D eigenvalue weighted by atomic mass is 10.3. The van der Waals surface area contributed by atoms with Crippen LogP contribution in [0.15, 0.2) is 18.2 Å². The average molecular weight is 300 g/mol. The van der Waals surface area contributed by atoms with Gasteiger partial charge in [-0.05, 0) is 25.1 Å². The van der Waals surface area contributed by atoms with Crippen LogP contribution >= 0.6 is 23.2 Å². The van der Waals surface area contributed by atoms with Gasteiger partial charge in [0.25, 0.3) is 0 Å². The van der Waals surface area contributed by atoms with E-state index in [0.29, 0.717) is 28.9 Å². The molecule has 0 radical (unpaired) electrons. The minimum absolute atomic E-state index is 0. The lowest BCUT2D eigenvalue weighted by Crippen LogP contribution is -3.00. The number of rotatable bonds is 7. The lowest BCUT2D eigenvalue weighted by Gasteiger charge is -2.08. The summed E-state index contributed by atoms with van der Waals surface area (Å²) < 4.78 is 5.48. The summed E-state index contributed by atoms with van der Waals surface area (Å²) in [7, 11) is 0. The third-order valence-corrected chi connectivity index (χ3v) is 2.76. The van der Waals surface area contributed by atoms with E-state index >= 15 is 0 Å². The highest BCUT2D eigenvalue weighted by atomic mass is 35.5. The lowest BCUT2D eigenvalue weighted by molar-refractivity contribution is -0.00000463. The summed E-state index contributed by atoms with van der Waals surface area (Å²) >= 11 is 11.8. The summed E-state index contributed by atoms with van der Waals surface area (Å²) in [5, 5.41) is 12.5. The van der Waals surface area contributed by atoms with Crippen LogP contribution in [-0.4, -0.2) is 31.4 Å². The minimum atomic E-state index is 0. The van der Waals surface area contributed by atoms with Crippen LogP contribution < -0.4 is 22.5 Å². The van der Waals surface area contributed by atoms with E-state index in [1.807, 2.05) is 0 Å². The zero-order valence-corrected chi connectivity index (χ0v) is 11.5. The van der Waals surface area contributed by atoms with E-state index in [9.17, 15) is 0 Å². The summed E-state index contributed by atoms with van der Waals surface area (Å²) in [6.07, 6.45) is 0.850. The van der Waals surface area contributed by atoms with Gasteiger partial charge in [-0.15, -0.1) is 0 Å². The molecule has 3 nitrogen and oxygen atoms in total. The Kier molecular flexibility index (Phi) is 9.69. The fourth-order valence-electron chi connectivity index (χ4n) is 1.18. The molecule has 1 aromatic carbocycles. The molecule has 0 amide bonds. The molecule has 0 unspecified atom stereocenters. The number of benzene rings is 1. The van der Waals surface area contributed by atoms with Crippen LogP contribution in [0.25, 0.3) is 0 Å². The maximum Gasteiger partial charge on any atom is 0.139 e. The fraction of sp³-hybridized carbons (Fsp3) is 0.455. The highest BCUT2D eigenvalue weighted by Crippen LogP contribution is 2.31. The van der Waals surface area contributed by atoms with Gasteiger partial charge in [0.05, 0.1) is 18.2 Å². The molecule has 0 aliphatic heterocycles. The molecule has 0 spiro atoms. The number of aliphatic hydroxyl groups excluding tert-OH is 1. The molecule has 1 rings (SSSR count). The predicted octanol–water partition coefficient (Wildman–Crippen LogP) is -0.652. The van der Waals surface area contributed by atoms with Crippen LogP contribution in [0.1, 0.15) is 6.42 Å². The largest absolute Gasteiger partial charge is 1.00 e. The molecule has 0 saturated heterocycles. The van der Waals surface area contributed by atoms with Crippen LogP contribution in [0.3, 0.4) is 0 Å². The molecule has 0 aliphatic carbocycles. The Bertz CT molecular complexity index is 324. The quantitative estimate of drug-likeness (QED) is 0.658. The molecule has 6 heteroatoms. The van der Waals surface area contributed by atoms with Crippen molar-refractivity contribution in [3.63, 3.8) is 0 Å². The highest BCUT2D eigenvalue weighted by molar-refractivity contribution is 6.42. The second kappa shape index (κ2) is 9.80. The van der Waals surface area contributed by atoms with Crippen LogP contribution in [0.5, 0.6) is 5.75 Å². The molecule has 0 aliphatic rings. The fourth-order valence-corrected chi connectivity index (χ4v) is 1.53. The first-order valence-electron chi connectivity index (χ1n) is 5.14. The van der Waals surface area contributed by atoms with Crippen LogP contribution in [0.2, 0.25) is 10.0 Å². The van der Waals surface area contributed by atoms with E-state index in [-0.39, 0.29) is 19.0 Å².